The molecule has 1 aliphatic carbocycles. The highest BCUT2D eigenvalue weighted by Gasteiger charge is 2.37. The van der Waals surface area contributed by atoms with Gasteiger partial charge >= 0.3 is 0 Å². The van der Waals surface area contributed by atoms with Gasteiger partial charge in [-0.15, -0.1) is 0 Å². The van der Waals surface area contributed by atoms with Crippen LogP contribution >= 0.6 is 0 Å². The van der Waals surface area contributed by atoms with Crippen LogP contribution in [0.2, 0.25) is 0 Å². The molecule has 0 fully saturated rings. The number of carbonyl (C=O) groups is 1. The standard InChI is InChI=1S/C24H19BN2O/c1-15(14-26)22-16-8-4-5-9-17(16)23(28)18(22)12-13-21-24(2,3)19-10-6-7-11-20(19)27(21)25/h4-13H,1-3H3/b18-12-,21-13+,22-15-. The molecule has 4 rings (SSSR count). The van der Waals surface area contributed by atoms with E-state index >= 15 is 0 Å². The molecule has 1 heterocycles. The fourth-order valence-corrected chi connectivity index (χ4v) is 4.15. The molecule has 2 aromatic carbocycles. The SMILES string of the molecule is [B]N1/C(=C/C=C2\C(=O)c3ccccc3\C2=C(/C)C#N)C(C)(C)c2ccccc21. The predicted octanol–water partition coefficient (Wildman–Crippen LogP) is 4.87. The predicted molar refractivity (Wildman–Crippen MR) is 113 cm³/mol. The lowest BCUT2D eigenvalue weighted by Gasteiger charge is -2.24. The number of anilines is 1. The molecule has 2 radical (unpaired) electrons. The molecule has 4 heteroatoms. The van der Waals surface area contributed by atoms with Crippen LogP contribution in [-0.2, 0) is 5.41 Å². The minimum atomic E-state index is -0.287. The van der Waals surface area contributed by atoms with Gasteiger partial charge in [0.25, 0.3) is 0 Å². The summed E-state index contributed by atoms with van der Waals surface area (Å²) in [5.41, 5.74) is 5.94. The highest BCUT2D eigenvalue weighted by molar-refractivity contribution is 6.27. The Morgan fingerprint density at radius 1 is 1.07 bits per heavy atom. The number of allylic oxidation sites excluding steroid dienone is 6. The summed E-state index contributed by atoms with van der Waals surface area (Å²) in [5.74, 6) is -0.0612. The van der Waals surface area contributed by atoms with Crippen molar-refractivity contribution >= 4 is 25.0 Å². The first-order chi connectivity index (χ1) is 13.4. The molecule has 0 saturated heterocycles. The van der Waals surface area contributed by atoms with Gasteiger partial charge in [0.15, 0.2) is 5.78 Å². The molecule has 134 valence electrons. The van der Waals surface area contributed by atoms with Gasteiger partial charge in [-0.1, -0.05) is 56.3 Å². The van der Waals surface area contributed by atoms with Crippen molar-refractivity contribution in [3.63, 3.8) is 0 Å². The number of carbonyl (C=O) groups excluding carboxylic acids is 1. The van der Waals surface area contributed by atoms with E-state index in [0.717, 1.165) is 22.5 Å². The normalized spacial score (nSPS) is 21.6. The Kier molecular flexibility index (Phi) is 4.12. The van der Waals surface area contributed by atoms with Crippen molar-refractivity contribution in [1.82, 2.24) is 0 Å². The van der Waals surface area contributed by atoms with Crippen LogP contribution in [0.5, 0.6) is 0 Å². The Bertz CT molecular complexity index is 1150. The third-order valence-electron chi connectivity index (χ3n) is 5.64. The number of hydrogen-bond acceptors (Lipinski definition) is 3. The van der Waals surface area contributed by atoms with Crippen molar-refractivity contribution in [3.8, 4) is 6.07 Å². The summed E-state index contributed by atoms with van der Waals surface area (Å²) in [4.78, 5) is 14.7. The lowest BCUT2D eigenvalue weighted by atomic mass is 9.83. The lowest BCUT2D eigenvalue weighted by molar-refractivity contribution is 0.104. The average molecular weight is 362 g/mol. The first-order valence-electron chi connectivity index (χ1n) is 9.20. The van der Waals surface area contributed by atoms with Gasteiger partial charge in [0, 0.05) is 39.1 Å². The van der Waals surface area contributed by atoms with E-state index in [1.54, 1.807) is 23.9 Å². The van der Waals surface area contributed by atoms with Crippen molar-refractivity contribution < 1.29 is 4.79 Å². The molecule has 0 atom stereocenters. The molecule has 0 amide bonds. The summed E-state index contributed by atoms with van der Waals surface area (Å²) in [5, 5.41) is 9.46. The van der Waals surface area contributed by atoms with Crippen LogP contribution < -0.4 is 4.81 Å². The second-order valence-electron chi connectivity index (χ2n) is 7.63. The molecule has 0 aromatic heterocycles. The highest BCUT2D eigenvalue weighted by atomic mass is 16.1. The quantitative estimate of drug-likeness (QED) is 0.413. The van der Waals surface area contributed by atoms with Crippen molar-refractivity contribution in [1.29, 1.82) is 5.26 Å². The molecule has 0 unspecified atom stereocenters. The summed E-state index contributed by atoms with van der Waals surface area (Å²) < 4.78 is 0. The van der Waals surface area contributed by atoms with Crippen LogP contribution in [0, 0.1) is 11.3 Å². The monoisotopic (exact) mass is 362 g/mol. The zero-order valence-electron chi connectivity index (χ0n) is 16.2. The van der Waals surface area contributed by atoms with E-state index in [1.807, 2.05) is 42.5 Å². The Balaban J connectivity index is 1.87. The lowest BCUT2D eigenvalue weighted by Crippen LogP contribution is -2.23. The minimum Gasteiger partial charge on any atom is -0.400 e. The van der Waals surface area contributed by atoms with Gasteiger partial charge in [-0.25, -0.2) is 0 Å². The number of hydrogen-bond donors (Lipinski definition) is 0. The molecule has 2 aromatic rings. The summed E-state index contributed by atoms with van der Waals surface area (Å²) in [6.07, 6.45) is 3.71. The van der Waals surface area contributed by atoms with Gasteiger partial charge in [-0.05, 0) is 36.3 Å². The van der Waals surface area contributed by atoms with Crippen LogP contribution in [0.25, 0.3) is 5.57 Å². The first-order valence-corrected chi connectivity index (χ1v) is 9.20. The highest BCUT2D eigenvalue weighted by Crippen LogP contribution is 2.47. The minimum absolute atomic E-state index is 0.0612. The summed E-state index contributed by atoms with van der Waals surface area (Å²) >= 11 is 0. The number of rotatable bonds is 1. The zero-order valence-corrected chi connectivity index (χ0v) is 16.2. The molecule has 0 bridgehead atoms. The average Bonchev–Trinajstić information content (AvgIpc) is 3.09. The summed E-state index contributed by atoms with van der Waals surface area (Å²) in [7, 11) is 6.38. The molecule has 0 spiro atoms. The molecule has 2 aliphatic rings. The molecule has 0 saturated carbocycles. The number of benzene rings is 2. The van der Waals surface area contributed by atoms with Gasteiger partial charge in [0.05, 0.1) is 6.07 Å². The fourth-order valence-electron chi connectivity index (χ4n) is 4.15. The summed E-state index contributed by atoms with van der Waals surface area (Å²) in [6, 6.07) is 17.7. The Labute approximate surface area is 166 Å². The van der Waals surface area contributed by atoms with Gasteiger partial charge < -0.3 is 4.81 Å². The number of fused-ring (bicyclic) bond motifs is 2. The van der Waals surface area contributed by atoms with Crippen molar-refractivity contribution in [3.05, 3.63) is 94.2 Å². The maximum atomic E-state index is 13.0. The van der Waals surface area contributed by atoms with E-state index in [0.29, 0.717) is 22.3 Å². The topological polar surface area (TPSA) is 44.1 Å². The van der Waals surface area contributed by atoms with Crippen molar-refractivity contribution in [2.75, 3.05) is 4.81 Å². The molecule has 1 aliphatic heterocycles. The first kappa shape index (κ1) is 18.1. The van der Waals surface area contributed by atoms with E-state index in [9.17, 15) is 10.1 Å². The van der Waals surface area contributed by atoms with Crippen LogP contribution in [0.4, 0.5) is 5.69 Å². The van der Waals surface area contributed by atoms with Crippen LogP contribution in [-0.4, -0.2) is 13.8 Å². The number of nitrogens with zero attached hydrogens (tertiary/aromatic N) is 2. The Hall–Kier alpha value is -3.32. The maximum Gasteiger partial charge on any atom is 0.234 e. The van der Waals surface area contributed by atoms with Crippen molar-refractivity contribution in [2.24, 2.45) is 0 Å². The van der Waals surface area contributed by atoms with E-state index < -0.39 is 0 Å². The molecule has 28 heavy (non-hydrogen) atoms. The maximum absolute atomic E-state index is 13.0. The smallest absolute Gasteiger partial charge is 0.234 e. The third kappa shape index (κ3) is 2.47. The third-order valence-corrected chi connectivity index (χ3v) is 5.64. The number of Topliss-reactive ketones (excluding diaryl/α,β-unsaturated/α-hetero) is 1. The van der Waals surface area contributed by atoms with Gasteiger partial charge in [-0.3, -0.25) is 4.79 Å². The van der Waals surface area contributed by atoms with E-state index in [4.69, 9.17) is 7.98 Å². The summed E-state index contributed by atoms with van der Waals surface area (Å²) in [6.45, 7) is 5.98. The second-order valence-corrected chi connectivity index (χ2v) is 7.63. The van der Waals surface area contributed by atoms with E-state index in [2.05, 4.69) is 26.0 Å². The van der Waals surface area contributed by atoms with Crippen LogP contribution in [0.1, 0.15) is 42.3 Å². The molecular formula is C24H19BN2O. The van der Waals surface area contributed by atoms with Gasteiger partial charge in [0.2, 0.25) is 7.98 Å². The molecular weight excluding hydrogens is 343 g/mol. The Morgan fingerprint density at radius 2 is 1.71 bits per heavy atom. The van der Waals surface area contributed by atoms with Gasteiger partial charge in [0.1, 0.15) is 0 Å². The number of ketones is 1. The fraction of sp³-hybridized carbons (Fsp3) is 0.167. The second kappa shape index (κ2) is 6.39. The van der Waals surface area contributed by atoms with Crippen LogP contribution in [0.15, 0.2) is 77.5 Å². The Morgan fingerprint density at radius 3 is 2.39 bits per heavy atom. The largest absolute Gasteiger partial charge is 0.400 e. The number of nitriles is 1. The van der Waals surface area contributed by atoms with Crippen LogP contribution in [0.3, 0.4) is 0 Å². The van der Waals surface area contributed by atoms with Gasteiger partial charge in [-0.2, -0.15) is 5.26 Å². The van der Waals surface area contributed by atoms with E-state index in [1.165, 1.54) is 0 Å². The van der Waals surface area contributed by atoms with E-state index in [-0.39, 0.29) is 11.2 Å². The number of para-hydroxylation sites is 1. The van der Waals surface area contributed by atoms with Crippen molar-refractivity contribution in [2.45, 2.75) is 26.2 Å². The molecule has 3 nitrogen and oxygen atoms in total. The zero-order chi connectivity index (χ0) is 20.1. The molecule has 0 N–H and O–H groups in total.